The first-order chi connectivity index (χ1) is 16.4. The maximum absolute atomic E-state index is 12.4. The van der Waals surface area contributed by atoms with Gasteiger partial charge in [0.1, 0.15) is 0 Å². The molecule has 1 aliphatic rings. The fourth-order valence-electron chi connectivity index (χ4n) is 3.44. The molecule has 1 aliphatic heterocycles. The highest BCUT2D eigenvalue weighted by Gasteiger charge is 2.27. The predicted molar refractivity (Wildman–Crippen MR) is 143 cm³/mol. The maximum Gasteiger partial charge on any atom is 0.331 e. The minimum absolute atomic E-state index is 0.0587. The van der Waals surface area contributed by atoms with Crippen molar-refractivity contribution in [2.75, 3.05) is 27.2 Å². The number of nitrogens with one attached hydrogen (secondary N) is 1. The van der Waals surface area contributed by atoms with Crippen molar-refractivity contribution in [3.05, 3.63) is 48.0 Å². The average molecular weight is 490 g/mol. The molecule has 2 rings (SSSR count). The van der Waals surface area contributed by atoms with Gasteiger partial charge in [-0.2, -0.15) is 0 Å². The molecule has 0 spiro atoms. The van der Waals surface area contributed by atoms with Gasteiger partial charge in [0, 0.05) is 12.6 Å². The van der Waals surface area contributed by atoms with E-state index in [9.17, 15) is 14.4 Å². The minimum atomic E-state index is -1.000. The molecule has 7 nitrogen and oxygen atoms in total. The summed E-state index contributed by atoms with van der Waals surface area (Å²) in [6.07, 6.45) is 4.50. The van der Waals surface area contributed by atoms with E-state index in [1.165, 1.54) is 11.8 Å². The van der Waals surface area contributed by atoms with Gasteiger partial charge in [0.25, 0.3) is 0 Å². The fraction of sp³-hybridized carbons (Fsp3) is 0.607. The van der Waals surface area contributed by atoms with Gasteiger partial charge < -0.3 is 15.3 Å². The lowest BCUT2D eigenvalue weighted by Gasteiger charge is -2.32. The number of likely N-dealkylation sites (tertiary alicyclic amines) is 1. The third-order valence-corrected chi connectivity index (χ3v) is 5.44. The molecule has 0 radical (unpaired) electrons. The van der Waals surface area contributed by atoms with Crippen LogP contribution in [0.25, 0.3) is 0 Å². The number of carboxylic acid groups (broad SMARTS) is 1. The number of carbonyl (C=O) groups is 3. The van der Waals surface area contributed by atoms with E-state index in [-0.39, 0.29) is 41.9 Å². The number of hydrogen-bond acceptors (Lipinski definition) is 4. The smallest absolute Gasteiger partial charge is 0.331 e. The Balaban J connectivity index is 0.000000953. The summed E-state index contributed by atoms with van der Waals surface area (Å²) >= 11 is 0. The number of nitrogens with zero attached hydrogens (tertiary/aromatic N) is 2. The molecule has 2 N–H and O–H groups in total. The SMILES string of the molecule is C/C(=C\[C@H](C(C)C)N(C)C(=O)CNC(=O)C1CCCCN1C)C(=O)O.CC(C)C.c1ccccc1. The monoisotopic (exact) mass is 489 g/mol. The molecule has 0 saturated carbocycles. The van der Waals surface area contributed by atoms with Crippen molar-refractivity contribution in [3.8, 4) is 0 Å². The average Bonchev–Trinajstić information content (AvgIpc) is 2.81. The summed E-state index contributed by atoms with van der Waals surface area (Å²) in [4.78, 5) is 39.3. The number of amides is 2. The van der Waals surface area contributed by atoms with Gasteiger partial charge >= 0.3 is 5.97 Å². The molecule has 35 heavy (non-hydrogen) atoms. The highest BCUT2D eigenvalue weighted by molar-refractivity contribution is 5.88. The van der Waals surface area contributed by atoms with E-state index >= 15 is 0 Å². The number of aliphatic carboxylic acids is 1. The van der Waals surface area contributed by atoms with Crippen LogP contribution in [0.3, 0.4) is 0 Å². The quantitative estimate of drug-likeness (QED) is 0.552. The highest BCUT2D eigenvalue weighted by Crippen LogP contribution is 2.15. The van der Waals surface area contributed by atoms with Crippen LogP contribution in [-0.4, -0.2) is 72.0 Å². The molecule has 1 heterocycles. The van der Waals surface area contributed by atoms with Crippen LogP contribution in [0.2, 0.25) is 0 Å². The first-order valence-electron chi connectivity index (χ1n) is 12.5. The molecule has 2 atom stereocenters. The highest BCUT2D eigenvalue weighted by atomic mass is 16.4. The third kappa shape index (κ3) is 14.4. The van der Waals surface area contributed by atoms with E-state index in [0.29, 0.717) is 0 Å². The van der Waals surface area contributed by atoms with E-state index in [0.717, 1.165) is 31.7 Å². The molecular formula is C28H47N3O4. The van der Waals surface area contributed by atoms with Crippen molar-refractivity contribution >= 4 is 17.8 Å². The van der Waals surface area contributed by atoms with Crippen molar-refractivity contribution < 1.29 is 19.5 Å². The Bertz CT molecular complexity index is 748. The van der Waals surface area contributed by atoms with Gasteiger partial charge in [0.05, 0.1) is 18.6 Å². The van der Waals surface area contributed by atoms with Crippen LogP contribution in [0.1, 0.15) is 60.8 Å². The van der Waals surface area contributed by atoms with Crippen molar-refractivity contribution in [2.45, 2.75) is 72.9 Å². The molecule has 2 amide bonds. The first kappa shape index (κ1) is 32.3. The van der Waals surface area contributed by atoms with E-state index in [4.69, 9.17) is 5.11 Å². The Hall–Kier alpha value is -2.67. The van der Waals surface area contributed by atoms with Crippen molar-refractivity contribution in [2.24, 2.45) is 11.8 Å². The van der Waals surface area contributed by atoms with Crippen LogP contribution in [-0.2, 0) is 14.4 Å². The van der Waals surface area contributed by atoms with Gasteiger partial charge in [-0.25, -0.2) is 4.79 Å². The molecule has 1 aromatic carbocycles. The van der Waals surface area contributed by atoms with Crippen LogP contribution >= 0.6 is 0 Å². The van der Waals surface area contributed by atoms with Crippen LogP contribution < -0.4 is 5.32 Å². The molecule has 7 heteroatoms. The van der Waals surface area contributed by atoms with Crippen molar-refractivity contribution in [1.29, 1.82) is 0 Å². The Morgan fingerprint density at radius 3 is 1.91 bits per heavy atom. The fourth-order valence-corrected chi connectivity index (χ4v) is 3.44. The molecule has 0 aromatic heterocycles. The zero-order valence-corrected chi connectivity index (χ0v) is 23.0. The summed E-state index contributed by atoms with van der Waals surface area (Å²) in [5, 5.41) is 11.8. The van der Waals surface area contributed by atoms with E-state index < -0.39 is 5.97 Å². The van der Waals surface area contributed by atoms with Gasteiger partial charge in [-0.15, -0.1) is 0 Å². The zero-order chi connectivity index (χ0) is 27.0. The summed E-state index contributed by atoms with van der Waals surface area (Å²) in [5.41, 5.74) is 0.200. The molecule has 0 aliphatic carbocycles. The van der Waals surface area contributed by atoms with E-state index in [2.05, 4.69) is 26.1 Å². The molecule has 198 valence electrons. The normalized spacial score (nSPS) is 16.9. The zero-order valence-electron chi connectivity index (χ0n) is 23.0. The van der Waals surface area contributed by atoms with Gasteiger partial charge in [0.15, 0.2) is 0 Å². The lowest BCUT2D eigenvalue weighted by molar-refractivity contribution is -0.135. The number of piperidine rings is 1. The van der Waals surface area contributed by atoms with E-state index in [1.807, 2.05) is 62.2 Å². The molecule has 1 unspecified atom stereocenters. The first-order valence-corrected chi connectivity index (χ1v) is 12.5. The summed E-state index contributed by atoms with van der Waals surface area (Å²) in [6.45, 7) is 12.7. The number of benzene rings is 1. The lowest BCUT2D eigenvalue weighted by Crippen LogP contribution is -2.51. The summed E-state index contributed by atoms with van der Waals surface area (Å²) in [6, 6.07) is 11.5. The largest absolute Gasteiger partial charge is 0.478 e. The summed E-state index contributed by atoms with van der Waals surface area (Å²) in [7, 11) is 3.56. The number of likely N-dealkylation sites (N-methyl/N-ethyl adjacent to an activating group) is 2. The predicted octanol–water partition coefficient (Wildman–Crippen LogP) is 4.45. The number of rotatable bonds is 7. The topological polar surface area (TPSA) is 90.0 Å². The second kappa shape index (κ2) is 17.7. The molecular weight excluding hydrogens is 442 g/mol. The number of hydrogen-bond donors (Lipinski definition) is 2. The third-order valence-electron chi connectivity index (χ3n) is 5.44. The number of carbonyl (C=O) groups excluding carboxylic acids is 2. The summed E-state index contributed by atoms with van der Waals surface area (Å²) < 4.78 is 0. The molecule has 1 saturated heterocycles. The summed E-state index contributed by atoms with van der Waals surface area (Å²) in [5.74, 6) is -0.467. The Labute approximate surface area is 212 Å². The number of carboxylic acids is 1. The molecule has 0 bridgehead atoms. The van der Waals surface area contributed by atoms with Gasteiger partial charge in [0.2, 0.25) is 11.8 Å². The molecule has 1 fully saturated rings. The second-order valence-corrected chi connectivity index (χ2v) is 9.99. The van der Waals surface area contributed by atoms with Crippen LogP contribution in [0.5, 0.6) is 0 Å². The maximum atomic E-state index is 12.4. The van der Waals surface area contributed by atoms with Crippen molar-refractivity contribution in [3.63, 3.8) is 0 Å². The second-order valence-electron chi connectivity index (χ2n) is 9.99. The lowest BCUT2D eigenvalue weighted by atomic mass is 10.00. The Morgan fingerprint density at radius 1 is 1.03 bits per heavy atom. The van der Waals surface area contributed by atoms with Crippen LogP contribution in [0, 0.1) is 11.8 Å². The minimum Gasteiger partial charge on any atom is -0.478 e. The van der Waals surface area contributed by atoms with Crippen LogP contribution in [0.15, 0.2) is 48.0 Å². The molecule has 1 aromatic rings. The Morgan fingerprint density at radius 2 is 1.51 bits per heavy atom. The van der Waals surface area contributed by atoms with Crippen molar-refractivity contribution in [1.82, 2.24) is 15.1 Å². The van der Waals surface area contributed by atoms with Gasteiger partial charge in [-0.05, 0) is 45.2 Å². The van der Waals surface area contributed by atoms with Crippen LogP contribution in [0.4, 0.5) is 0 Å². The van der Waals surface area contributed by atoms with Gasteiger partial charge in [-0.1, -0.05) is 83.5 Å². The Kier molecular flexibility index (Phi) is 16.4. The standard InChI is InChI=1S/C18H31N3O4.C6H6.C4H10/c1-12(2)15(10-13(3)18(24)25)21(5)16(22)11-19-17(23)14-8-6-7-9-20(14)4;1-2-4-6-5-3-1;1-4(2)3/h10,12,14-15H,6-9,11H2,1-5H3,(H,19,23)(H,24,25);1-6H;4H,1-3H3/b13-10+;;/t14?,15-;;/m1../s1. The van der Waals surface area contributed by atoms with E-state index in [1.54, 1.807) is 13.1 Å². The van der Waals surface area contributed by atoms with Gasteiger partial charge in [-0.3, -0.25) is 14.5 Å².